The molecule has 0 aliphatic rings. The fraction of sp³-hybridized carbons (Fsp3) is 0.154. The maximum atomic E-state index is 12.3. The van der Waals surface area contributed by atoms with Crippen molar-refractivity contribution >= 4 is 27.4 Å². The van der Waals surface area contributed by atoms with Crippen LogP contribution in [0.25, 0.3) is 0 Å². The molecule has 1 heterocycles. The number of nitrogens with one attached hydrogen (secondary N) is 2. The summed E-state index contributed by atoms with van der Waals surface area (Å²) in [7, 11) is -0.258. The average Bonchev–Trinajstić information content (AvgIpc) is 2.89. The quantitative estimate of drug-likeness (QED) is 0.778. The van der Waals surface area contributed by atoms with Gasteiger partial charge < -0.3 is 15.0 Å². The minimum absolute atomic E-state index is 0.131. The van der Waals surface area contributed by atoms with Crippen molar-refractivity contribution < 1.29 is 18.3 Å². The van der Waals surface area contributed by atoms with Gasteiger partial charge in [0.15, 0.2) is 0 Å². The number of carbonyl (C=O) groups is 1. The molecule has 1 aromatic carbocycles. The van der Waals surface area contributed by atoms with Crippen LogP contribution in [-0.4, -0.2) is 38.6 Å². The van der Waals surface area contributed by atoms with Crippen molar-refractivity contribution in [3.8, 4) is 0 Å². The minimum atomic E-state index is -3.85. The van der Waals surface area contributed by atoms with E-state index in [2.05, 4.69) is 9.71 Å². The number of para-hydroxylation sites is 2. The number of aromatic amines is 1. The first kappa shape index (κ1) is 14.9. The van der Waals surface area contributed by atoms with E-state index in [4.69, 9.17) is 5.11 Å². The summed E-state index contributed by atoms with van der Waals surface area (Å²) in [5, 5.41) is 8.82. The maximum absolute atomic E-state index is 12.3. The molecule has 1 aromatic heterocycles. The van der Waals surface area contributed by atoms with E-state index in [-0.39, 0.29) is 10.6 Å². The largest absolute Gasteiger partial charge is 0.477 e. The first-order valence-corrected chi connectivity index (χ1v) is 7.50. The van der Waals surface area contributed by atoms with E-state index in [0.29, 0.717) is 11.4 Å². The van der Waals surface area contributed by atoms with Crippen molar-refractivity contribution in [2.24, 2.45) is 0 Å². The summed E-state index contributed by atoms with van der Waals surface area (Å²) in [6, 6.07) is 7.99. The van der Waals surface area contributed by atoms with Gasteiger partial charge >= 0.3 is 5.97 Å². The third-order valence-corrected chi connectivity index (χ3v) is 4.17. The lowest BCUT2D eigenvalue weighted by molar-refractivity contribution is 0.0691. The molecule has 0 spiro atoms. The van der Waals surface area contributed by atoms with Crippen molar-refractivity contribution in [2.45, 2.75) is 4.90 Å². The molecule has 0 fully saturated rings. The Kier molecular flexibility index (Phi) is 3.90. The molecule has 7 nitrogen and oxygen atoms in total. The van der Waals surface area contributed by atoms with Crippen molar-refractivity contribution in [3.63, 3.8) is 0 Å². The van der Waals surface area contributed by atoms with E-state index in [0.717, 1.165) is 12.3 Å². The van der Waals surface area contributed by atoms with Crippen molar-refractivity contribution in [1.82, 2.24) is 4.98 Å². The van der Waals surface area contributed by atoms with Crippen LogP contribution in [0.15, 0.2) is 41.4 Å². The predicted molar refractivity (Wildman–Crippen MR) is 79.3 cm³/mol. The smallest absolute Gasteiger partial charge is 0.352 e. The molecule has 0 bridgehead atoms. The maximum Gasteiger partial charge on any atom is 0.352 e. The number of sulfonamides is 1. The van der Waals surface area contributed by atoms with Crippen LogP contribution in [0.3, 0.4) is 0 Å². The first-order valence-electron chi connectivity index (χ1n) is 6.02. The predicted octanol–water partition coefficient (Wildman–Crippen LogP) is 1.58. The molecule has 2 aromatic rings. The molecule has 3 N–H and O–H groups in total. The standard InChI is InChI=1S/C13H15N3O4S/c1-16(2)12-6-4-3-5-10(12)15-21(19,20)9-7-11(13(17)18)14-8-9/h3-8,14-15H,1-2H3,(H,17,18). The third kappa shape index (κ3) is 3.16. The summed E-state index contributed by atoms with van der Waals surface area (Å²) >= 11 is 0. The molecule has 0 atom stereocenters. The summed E-state index contributed by atoms with van der Waals surface area (Å²) in [4.78, 5) is 14.8. The summed E-state index contributed by atoms with van der Waals surface area (Å²) in [5.41, 5.74) is 0.937. The lowest BCUT2D eigenvalue weighted by atomic mass is 10.2. The highest BCUT2D eigenvalue weighted by molar-refractivity contribution is 7.92. The second kappa shape index (κ2) is 5.49. The van der Waals surface area contributed by atoms with Gasteiger partial charge in [-0.25, -0.2) is 13.2 Å². The lowest BCUT2D eigenvalue weighted by Crippen LogP contribution is -2.16. The molecule has 0 aliphatic heterocycles. The summed E-state index contributed by atoms with van der Waals surface area (Å²) in [6.45, 7) is 0. The summed E-state index contributed by atoms with van der Waals surface area (Å²) in [6.07, 6.45) is 1.14. The van der Waals surface area contributed by atoms with E-state index in [1.807, 2.05) is 0 Å². The SMILES string of the molecule is CN(C)c1ccccc1NS(=O)(=O)c1c[nH]c(C(=O)O)c1. The van der Waals surface area contributed by atoms with Crippen molar-refractivity contribution in [1.29, 1.82) is 0 Å². The van der Waals surface area contributed by atoms with Gasteiger partial charge in [-0.2, -0.15) is 0 Å². The number of rotatable bonds is 5. The molecule has 8 heteroatoms. The average molecular weight is 309 g/mol. The Labute approximate surface area is 122 Å². The number of carboxylic acids is 1. The highest BCUT2D eigenvalue weighted by Crippen LogP contribution is 2.26. The topological polar surface area (TPSA) is 103 Å². The van der Waals surface area contributed by atoms with Crippen LogP contribution in [0.1, 0.15) is 10.5 Å². The van der Waals surface area contributed by atoms with Crippen LogP contribution in [0, 0.1) is 0 Å². The van der Waals surface area contributed by atoms with Gasteiger partial charge in [-0.1, -0.05) is 12.1 Å². The van der Waals surface area contributed by atoms with Crippen molar-refractivity contribution in [2.75, 3.05) is 23.7 Å². The molecule has 0 amide bonds. The van der Waals surface area contributed by atoms with Gasteiger partial charge in [-0.05, 0) is 18.2 Å². The van der Waals surface area contributed by atoms with Crippen LogP contribution in [0.4, 0.5) is 11.4 Å². The first-order chi connectivity index (χ1) is 9.81. The number of anilines is 2. The highest BCUT2D eigenvalue weighted by atomic mass is 32.2. The Morgan fingerprint density at radius 1 is 1.29 bits per heavy atom. The lowest BCUT2D eigenvalue weighted by Gasteiger charge is -2.18. The molecule has 0 saturated carbocycles. The fourth-order valence-corrected chi connectivity index (χ4v) is 2.87. The Bertz CT molecular complexity index is 765. The van der Waals surface area contributed by atoms with E-state index in [1.165, 1.54) is 0 Å². The number of hydrogen-bond donors (Lipinski definition) is 3. The van der Waals surface area contributed by atoms with Crippen LogP contribution in [0.5, 0.6) is 0 Å². The molecular formula is C13H15N3O4S. The van der Waals surface area contributed by atoms with E-state index in [9.17, 15) is 13.2 Å². The monoisotopic (exact) mass is 309 g/mol. The highest BCUT2D eigenvalue weighted by Gasteiger charge is 2.19. The minimum Gasteiger partial charge on any atom is -0.477 e. The van der Waals surface area contributed by atoms with E-state index < -0.39 is 16.0 Å². The Balaban J connectivity index is 2.35. The van der Waals surface area contributed by atoms with Crippen LogP contribution in [0.2, 0.25) is 0 Å². The Morgan fingerprint density at radius 2 is 1.95 bits per heavy atom. The number of aromatic nitrogens is 1. The molecule has 21 heavy (non-hydrogen) atoms. The second-order valence-corrected chi connectivity index (χ2v) is 6.25. The molecule has 2 rings (SSSR count). The molecule has 0 unspecified atom stereocenters. The van der Waals surface area contributed by atoms with Gasteiger partial charge in [-0.15, -0.1) is 0 Å². The summed E-state index contributed by atoms with van der Waals surface area (Å²) in [5.74, 6) is -1.22. The molecular weight excluding hydrogens is 294 g/mol. The van der Waals surface area contributed by atoms with Gasteiger partial charge in [-0.3, -0.25) is 4.72 Å². The van der Waals surface area contributed by atoms with E-state index >= 15 is 0 Å². The number of benzene rings is 1. The zero-order valence-electron chi connectivity index (χ0n) is 11.5. The second-order valence-electron chi connectivity index (χ2n) is 4.57. The number of aromatic carboxylic acids is 1. The molecule has 0 saturated heterocycles. The number of nitrogens with zero attached hydrogens (tertiary/aromatic N) is 1. The molecule has 112 valence electrons. The number of H-pyrrole nitrogens is 1. The van der Waals surface area contributed by atoms with Gasteiger partial charge in [0, 0.05) is 20.3 Å². The van der Waals surface area contributed by atoms with Gasteiger partial charge in [0.25, 0.3) is 10.0 Å². The van der Waals surface area contributed by atoms with Crippen LogP contribution >= 0.6 is 0 Å². The van der Waals surface area contributed by atoms with E-state index in [1.54, 1.807) is 43.3 Å². The number of hydrogen-bond acceptors (Lipinski definition) is 4. The Hall–Kier alpha value is -2.48. The van der Waals surface area contributed by atoms with Crippen LogP contribution in [-0.2, 0) is 10.0 Å². The third-order valence-electron chi connectivity index (χ3n) is 2.83. The fourth-order valence-electron chi connectivity index (χ4n) is 1.81. The van der Waals surface area contributed by atoms with Crippen LogP contribution < -0.4 is 9.62 Å². The normalized spacial score (nSPS) is 11.1. The zero-order chi connectivity index (χ0) is 15.6. The Morgan fingerprint density at radius 3 is 2.52 bits per heavy atom. The zero-order valence-corrected chi connectivity index (χ0v) is 12.3. The van der Waals surface area contributed by atoms with Gasteiger partial charge in [0.05, 0.1) is 11.4 Å². The van der Waals surface area contributed by atoms with Gasteiger partial charge in [0.2, 0.25) is 0 Å². The molecule has 0 aliphatic carbocycles. The number of carboxylic acid groups (broad SMARTS) is 1. The van der Waals surface area contributed by atoms with Crippen molar-refractivity contribution in [3.05, 3.63) is 42.2 Å². The molecule has 0 radical (unpaired) electrons. The summed E-state index contributed by atoms with van der Waals surface area (Å²) < 4.78 is 27.0. The van der Waals surface area contributed by atoms with Gasteiger partial charge in [0.1, 0.15) is 10.6 Å².